The fourth-order valence-corrected chi connectivity index (χ4v) is 1.82. The summed E-state index contributed by atoms with van der Waals surface area (Å²) < 4.78 is 1.66. The van der Waals surface area contributed by atoms with E-state index >= 15 is 0 Å². The van der Waals surface area contributed by atoms with Crippen LogP contribution in [0.4, 0.5) is 0 Å². The summed E-state index contributed by atoms with van der Waals surface area (Å²) in [5.74, 6) is 0. The Morgan fingerprint density at radius 1 is 1.12 bits per heavy atom. The molecule has 0 bridgehead atoms. The van der Waals surface area contributed by atoms with Gasteiger partial charge < -0.3 is 0 Å². The molecule has 0 N–H and O–H groups in total. The van der Waals surface area contributed by atoms with E-state index in [1.807, 2.05) is 25.2 Å². The van der Waals surface area contributed by atoms with E-state index in [4.69, 9.17) is 0 Å². The van der Waals surface area contributed by atoms with Crippen molar-refractivity contribution < 1.29 is 0 Å². The zero-order chi connectivity index (χ0) is 11.7. The zero-order valence-electron chi connectivity index (χ0n) is 9.41. The van der Waals surface area contributed by atoms with Gasteiger partial charge in [0.2, 0.25) is 0 Å². The quantitative estimate of drug-likeness (QED) is 0.660. The first-order valence-electron chi connectivity index (χ1n) is 5.38. The van der Waals surface area contributed by atoms with E-state index in [1.165, 1.54) is 5.56 Å². The van der Waals surface area contributed by atoms with Gasteiger partial charge in [-0.3, -0.25) is 0 Å². The molecule has 1 aromatic carbocycles. The molecule has 0 fully saturated rings. The molecule has 0 unspecified atom stereocenters. The third-order valence-corrected chi connectivity index (χ3v) is 2.68. The lowest BCUT2D eigenvalue weighted by molar-refractivity contribution is 0.729. The van der Waals surface area contributed by atoms with Crippen LogP contribution in [-0.2, 0) is 13.5 Å². The Labute approximate surface area is 98.1 Å². The van der Waals surface area contributed by atoms with Gasteiger partial charge in [-0.15, -0.1) is 5.10 Å². The van der Waals surface area contributed by atoms with E-state index in [9.17, 15) is 0 Å². The van der Waals surface area contributed by atoms with Gasteiger partial charge in [-0.2, -0.15) is 0 Å². The lowest BCUT2D eigenvalue weighted by atomic mass is 10.1. The van der Waals surface area contributed by atoms with Crippen molar-refractivity contribution in [3.63, 3.8) is 0 Å². The fraction of sp³-hybridized carbons (Fsp3) is 0.167. The lowest BCUT2D eigenvalue weighted by Crippen LogP contribution is -1.96. The molecule has 2 aromatic heterocycles. The monoisotopic (exact) mass is 225 g/mol. The molecule has 3 rings (SSSR count). The normalized spacial score (nSPS) is 10.9. The lowest BCUT2D eigenvalue weighted by Gasteiger charge is -2.00. The number of hydrogen-bond donors (Lipinski definition) is 0. The Morgan fingerprint density at radius 2 is 1.94 bits per heavy atom. The molecule has 0 aliphatic heterocycles. The maximum absolute atomic E-state index is 4.29. The first-order chi connectivity index (χ1) is 8.34. The summed E-state index contributed by atoms with van der Waals surface area (Å²) >= 11 is 0. The molecule has 0 saturated carbocycles. The molecule has 0 atom stereocenters. The van der Waals surface area contributed by atoms with Gasteiger partial charge in [-0.05, 0) is 5.56 Å². The predicted octanol–water partition coefficient (Wildman–Crippen LogP) is 1.35. The number of aryl methyl sites for hydroxylation is 1. The van der Waals surface area contributed by atoms with Gasteiger partial charge in [0, 0.05) is 13.5 Å². The molecule has 0 amide bonds. The van der Waals surface area contributed by atoms with Crippen molar-refractivity contribution in [3.05, 3.63) is 47.9 Å². The molecular weight excluding hydrogens is 214 g/mol. The fourth-order valence-electron chi connectivity index (χ4n) is 1.82. The van der Waals surface area contributed by atoms with Crippen LogP contribution in [0, 0.1) is 0 Å². The van der Waals surface area contributed by atoms with E-state index in [2.05, 4.69) is 32.4 Å². The summed E-state index contributed by atoms with van der Waals surface area (Å²) in [6.45, 7) is 0. The van der Waals surface area contributed by atoms with Gasteiger partial charge in [0.15, 0.2) is 11.2 Å². The van der Waals surface area contributed by atoms with Gasteiger partial charge in [0.1, 0.15) is 6.33 Å². The smallest absolute Gasteiger partial charge is 0.181 e. The van der Waals surface area contributed by atoms with Crippen molar-refractivity contribution in [1.82, 2.24) is 25.0 Å². The first kappa shape index (κ1) is 9.89. The minimum Gasteiger partial charge on any atom is -0.239 e. The Hall–Kier alpha value is -2.30. The summed E-state index contributed by atoms with van der Waals surface area (Å²) in [5.41, 5.74) is 3.66. The standard InChI is InChI=1S/C12H11N5/c1-17-12-11(15-16-17)10(13-8-14-12)7-9-5-3-2-4-6-9/h2-6,8H,7H2,1H3. The van der Waals surface area contributed by atoms with Gasteiger partial charge in [0.25, 0.3) is 0 Å². The second-order valence-corrected chi connectivity index (χ2v) is 3.87. The second kappa shape index (κ2) is 3.93. The van der Waals surface area contributed by atoms with Gasteiger partial charge >= 0.3 is 0 Å². The van der Waals surface area contributed by atoms with Crippen molar-refractivity contribution in [2.45, 2.75) is 6.42 Å². The molecule has 84 valence electrons. The Kier molecular flexibility index (Phi) is 2.29. The number of rotatable bonds is 2. The largest absolute Gasteiger partial charge is 0.239 e. The maximum Gasteiger partial charge on any atom is 0.181 e. The molecule has 5 heteroatoms. The molecule has 3 aromatic rings. The van der Waals surface area contributed by atoms with E-state index in [1.54, 1.807) is 11.0 Å². The Bertz CT molecular complexity index is 644. The van der Waals surface area contributed by atoms with Crippen molar-refractivity contribution in [2.75, 3.05) is 0 Å². The molecule has 17 heavy (non-hydrogen) atoms. The van der Waals surface area contributed by atoms with E-state index in [-0.39, 0.29) is 0 Å². The Balaban J connectivity index is 2.06. The zero-order valence-corrected chi connectivity index (χ0v) is 9.41. The average molecular weight is 225 g/mol. The highest BCUT2D eigenvalue weighted by Gasteiger charge is 2.09. The van der Waals surface area contributed by atoms with Crippen LogP contribution in [0.25, 0.3) is 11.2 Å². The molecule has 0 spiro atoms. The first-order valence-corrected chi connectivity index (χ1v) is 5.38. The van der Waals surface area contributed by atoms with Crippen LogP contribution in [0.5, 0.6) is 0 Å². The van der Waals surface area contributed by atoms with Crippen LogP contribution < -0.4 is 0 Å². The maximum atomic E-state index is 4.29. The highest BCUT2D eigenvalue weighted by Crippen LogP contribution is 2.14. The van der Waals surface area contributed by atoms with Gasteiger partial charge in [0.05, 0.1) is 5.69 Å². The summed E-state index contributed by atoms with van der Waals surface area (Å²) in [5, 5.41) is 8.06. The van der Waals surface area contributed by atoms with Crippen LogP contribution in [-0.4, -0.2) is 25.0 Å². The number of aromatic nitrogens is 5. The summed E-state index contributed by atoms with van der Waals surface area (Å²) in [6.07, 6.45) is 2.31. The third kappa shape index (κ3) is 1.75. The van der Waals surface area contributed by atoms with Crippen LogP contribution in [0.2, 0.25) is 0 Å². The summed E-state index contributed by atoms with van der Waals surface area (Å²) in [6, 6.07) is 10.2. The predicted molar refractivity (Wildman–Crippen MR) is 63.3 cm³/mol. The van der Waals surface area contributed by atoms with Crippen LogP contribution in [0.3, 0.4) is 0 Å². The summed E-state index contributed by atoms with van der Waals surface area (Å²) in [7, 11) is 1.83. The van der Waals surface area contributed by atoms with E-state index in [0.29, 0.717) is 0 Å². The minimum absolute atomic E-state index is 0.749. The number of hydrogen-bond acceptors (Lipinski definition) is 4. The van der Waals surface area contributed by atoms with Crippen LogP contribution in [0.1, 0.15) is 11.3 Å². The molecule has 0 aliphatic rings. The highest BCUT2D eigenvalue weighted by atomic mass is 15.4. The SMILES string of the molecule is Cn1nnc2c(Cc3ccccc3)ncnc21. The number of benzene rings is 1. The average Bonchev–Trinajstić information content (AvgIpc) is 2.74. The molecule has 2 heterocycles. The van der Waals surface area contributed by atoms with Crippen molar-refractivity contribution in [1.29, 1.82) is 0 Å². The highest BCUT2D eigenvalue weighted by molar-refractivity contribution is 5.72. The van der Waals surface area contributed by atoms with E-state index in [0.717, 1.165) is 23.3 Å². The molecule has 5 nitrogen and oxygen atoms in total. The van der Waals surface area contributed by atoms with Crippen molar-refractivity contribution in [2.24, 2.45) is 7.05 Å². The van der Waals surface area contributed by atoms with Crippen molar-refractivity contribution >= 4 is 11.2 Å². The van der Waals surface area contributed by atoms with Crippen molar-refractivity contribution in [3.8, 4) is 0 Å². The third-order valence-electron chi connectivity index (χ3n) is 2.68. The molecule has 0 saturated heterocycles. The topological polar surface area (TPSA) is 56.5 Å². The number of nitrogens with zero attached hydrogens (tertiary/aromatic N) is 5. The van der Waals surface area contributed by atoms with E-state index < -0.39 is 0 Å². The Morgan fingerprint density at radius 3 is 2.76 bits per heavy atom. The van der Waals surface area contributed by atoms with Crippen LogP contribution >= 0.6 is 0 Å². The summed E-state index contributed by atoms with van der Waals surface area (Å²) in [4.78, 5) is 8.46. The van der Waals surface area contributed by atoms with Gasteiger partial charge in [-0.25, -0.2) is 14.6 Å². The van der Waals surface area contributed by atoms with Gasteiger partial charge in [-0.1, -0.05) is 35.5 Å². The number of fused-ring (bicyclic) bond motifs is 1. The molecular formula is C12H11N5. The second-order valence-electron chi connectivity index (χ2n) is 3.87. The van der Waals surface area contributed by atoms with Crippen LogP contribution in [0.15, 0.2) is 36.7 Å². The molecule has 0 radical (unpaired) electrons. The minimum atomic E-state index is 0.749. The molecule has 0 aliphatic carbocycles.